The number of carbonyl (C=O) groups excluding carboxylic acids is 1. The first kappa shape index (κ1) is 29.6. The Morgan fingerprint density at radius 2 is 1.42 bits per heavy atom. The maximum Gasteiger partial charge on any atom is 0.323 e. The molecule has 198 valence electrons. The third kappa shape index (κ3) is 6.18. The van der Waals surface area contributed by atoms with Crippen LogP contribution in [0.1, 0.15) is 99.0 Å². The number of carboxylic acids is 1. The van der Waals surface area contributed by atoms with E-state index in [0.717, 1.165) is 30.4 Å². The second kappa shape index (κ2) is 11.2. The number of amides is 1. The average molecular weight is 496 g/mol. The summed E-state index contributed by atoms with van der Waals surface area (Å²) >= 11 is 0. The zero-order chi connectivity index (χ0) is 27.5. The molecule has 5 nitrogen and oxygen atoms in total. The molecule has 36 heavy (non-hydrogen) atoms. The van der Waals surface area contributed by atoms with E-state index in [-0.39, 0.29) is 23.3 Å². The molecule has 2 N–H and O–H groups in total. The molecule has 1 unspecified atom stereocenters. The van der Waals surface area contributed by atoms with Crippen LogP contribution in [-0.2, 0) is 16.6 Å². The van der Waals surface area contributed by atoms with Gasteiger partial charge in [0, 0.05) is 18.0 Å². The van der Waals surface area contributed by atoms with Gasteiger partial charge in [0.25, 0.3) is 5.91 Å². The third-order valence-electron chi connectivity index (χ3n) is 8.33. The summed E-state index contributed by atoms with van der Waals surface area (Å²) in [5.74, 6) is -1.32. The Bertz CT molecular complexity index is 1090. The molecule has 0 saturated heterocycles. The van der Waals surface area contributed by atoms with E-state index in [1.165, 1.54) is 28.6 Å². The van der Waals surface area contributed by atoms with Gasteiger partial charge in [-0.25, -0.2) is 0 Å². The Hall–Kier alpha value is -2.66. The van der Waals surface area contributed by atoms with Gasteiger partial charge < -0.3 is 15.1 Å². The molecule has 0 aromatic heterocycles. The van der Waals surface area contributed by atoms with Gasteiger partial charge in [-0.15, -0.1) is 0 Å². The molecule has 5 heteroatoms. The molecule has 1 amide bonds. The van der Waals surface area contributed by atoms with Crippen LogP contribution < -0.4 is 0 Å². The predicted molar refractivity (Wildman–Crippen MR) is 147 cm³/mol. The van der Waals surface area contributed by atoms with E-state index in [2.05, 4.69) is 65.8 Å². The van der Waals surface area contributed by atoms with Crippen molar-refractivity contribution in [2.45, 2.75) is 92.1 Å². The number of nitrogens with zero attached hydrogens (tertiary/aromatic N) is 1. The third-order valence-corrected chi connectivity index (χ3v) is 8.33. The number of aryl methyl sites for hydroxylation is 3. The number of carboxylic acid groups (broad SMARTS) is 1. The fraction of sp³-hybridized carbons (Fsp3) is 0.548. The van der Waals surface area contributed by atoms with Crippen LogP contribution in [0.4, 0.5) is 0 Å². The highest BCUT2D eigenvalue weighted by Gasteiger charge is 2.35. The lowest BCUT2D eigenvalue weighted by atomic mass is 9.69. The topological polar surface area (TPSA) is 77.8 Å². The fourth-order valence-corrected chi connectivity index (χ4v) is 4.94. The predicted octanol–water partition coefficient (Wildman–Crippen LogP) is 6.30. The number of hydrogen-bond donors (Lipinski definition) is 2. The van der Waals surface area contributed by atoms with Crippen molar-refractivity contribution >= 4 is 11.9 Å². The zero-order valence-corrected chi connectivity index (χ0v) is 23.7. The normalized spacial score (nSPS) is 13.8. The van der Waals surface area contributed by atoms with E-state index >= 15 is 0 Å². The highest BCUT2D eigenvalue weighted by atomic mass is 16.4. The first-order valence-corrected chi connectivity index (χ1v) is 13.0. The highest BCUT2D eigenvalue weighted by molar-refractivity contribution is 5.97. The first-order valence-electron chi connectivity index (χ1n) is 13.0. The smallest absolute Gasteiger partial charge is 0.323 e. The monoisotopic (exact) mass is 495 g/mol. The summed E-state index contributed by atoms with van der Waals surface area (Å²) in [6, 6.07) is 12.6. The lowest BCUT2D eigenvalue weighted by molar-refractivity contribution is -0.137. The Morgan fingerprint density at radius 3 is 1.86 bits per heavy atom. The van der Waals surface area contributed by atoms with E-state index in [1.54, 1.807) is 0 Å². The summed E-state index contributed by atoms with van der Waals surface area (Å²) in [5.41, 5.74) is 5.13. The quantitative estimate of drug-likeness (QED) is 0.406. The maximum absolute atomic E-state index is 12.8. The summed E-state index contributed by atoms with van der Waals surface area (Å²) in [6.07, 6.45) is 3.34. The van der Waals surface area contributed by atoms with Gasteiger partial charge in [-0.05, 0) is 85.8 Å². The Morgan fingerprint density at radius 1 is 0.889 bits per heavy atom. The average Bonchev–Trinajstić information content (AvgIpc) is 2.78. The molecule has 0 radical (unpaired) electrons. The van der Waals surface area contributed by atoms with E-state index in [9.17, 15) is 14.7 Å². The van der Waals surface area contributed by atoms with Gasteiger partial charge in [0.2, 0.25) is 0 Å². The second-order valence-electron chi connectivity index (χ2n) is 11.5. The summed E-state index contributed by atoms with van der Waals surface area (Å²) in [5, 5.41) is 20.0. The van der Waals surface area contributed by atoms with Gasteiger partial charge in [-0.2, -0.15) is 0 Å². The molecule has 1 atom stereocenters. The fourth-order valence-electron chi connectivity index (χ4n) is 4.94. The molecule has 2 aromatic rings. The minimum atomic E-state index is -1.03. The number of benzene rings is 2. The number of aliphatic hydroxyl groups is 1. The lowest BCUT2D eigenvalue weighted by Crippen LogP contribution is -2.40. The number of likely N-dealkylation sites (N-methyl/N-ethyl adjacent to an activating group) is 1. The summed E-state index contributed by atoms with van der Waals surface area (Å²) in [6.45, 7) is 16.3. The second-order valence-corrected chi connectivity index (χ2v) is 11.5. The summed E-state index contributed by atoms with van der Waals surface area (Å²) in [7, 11) is 1.51. The standard InChI is InChI=1S/C31H45NO4/c1-10-31(11-2,25-14-15-26(22(4)19-25)28(35)32(9)20-27(33)34)24-13-12-23(21(3)18-24)16-17-30(8,36)29(5,6)7/h12-15,18-19,36H,10-11,16-17,20H2,1-9H3,(H,33,34). The van der Waals surface area contributed by atoms with Crippen LogP contribution in [0.3, 0.4) is 0 Å². The van der Waals surface area contributed by atoms with Gasteiger partial charge in [-0.3, -0.25) is 9.59 Å². The summed E-state index contributed by atoms with van der Waals surface area (Å²) < 4.78 is 0. The van der Waals surface area contributed by atoms with Gasteiger partial charge >= 0.3 is 5.97 Å². The largest absolute Gasteiger partial charge is 0.480 e. The molecule has 0 aliphatic rings. The van der Waals surface area contributed by atoms with Crippen molar-refractivity contribution in [3.8, 4) is 0 Å². The van der Waals surface area contributed by atoms with Crippen molar-refractivity contribution < 1.29 is 19.8 Å². The van der Waals surface area contributed by atoms with Crippen molar-refractivity contribution in [1.29, 1.82) is 0 Å². The molecule has 0 heterocycles. The minimum Gasteiger partial charge on any atom is -0.480 e. The first-order chi connectivity index (χ1) is 16.6. The van der Waals surface area contributed by atoms with Crippen LogP contribution >= 0.6 is 0 Å². The number of aliphatic carboxylic acids is 1. The Kier molecular flexibility index (Phi) is 9.17. The highest BCUT2D eigenvalue weighted by Crippen LogP contribution is 2.41. The molecule has 0 aliphatic carbocycles. The maximum atomic E-state index is 12.8. The van der Waals surface area contributed by atoms with Crippen molar-refractivity contribution in [2.75, 3.05) is 13.6 Å². The zero-order valence-electron chi connectivity index (χ0n) is 23.7. The SMILES string of the molecule is CCC(CC)(c1ccc(CCC(C)(O)C(C)(C)C)c(C)c1)c1ccc(C(=O)N(C)CC(=O)O)c(C)c1. The molecule has 0 fully saturated rings. The Labute approximate surface area is 217 Å². The molecule has 0 bridgehead atoms. The number of rotatable bonds is 10. The van der Waals surface area contributed by atoms with Crippen LogP contribution in [-0.4, -0.2) is 46.2 Å². The van der Waals surface area contributed by atoms with Gasteiger partial charge in [0.05, 0.1) is 5.60 Å². The minimum absolute atomic E-state index is 0.186. The van der Waals surface area contributed by atoms with E-state index in [4.69, 9.17) is 5.11 Å². The molecular formula is C31H45NO4. The van der Waals surface area contributed by atoms with Crippen molar-refractivity contribution in [3.05, 3.63) is 69.8 Å². The van der Waals surface area contributed by atoms with Crippen molar-refractivity contribution in [1.82, 2.24) is 4.90 Å². The lowest BCUT2D eigenvalue weighted by Gasteiger charge is -2.37. The van der Waals surface area contributed by atoms with Crippen LogP contribution in [0, 0.1) is 19.3 Å². The molecular weight excluding hydrogens is 450 g/mol. The molecule has 2 rings (SSSR count). The molecule has 0 aliphatic heterocycles. The van der Waals surface area contributed by atoms with Crippen LogP contribution in [0.5, 0.6) is 0 Å². The van der Waals surface area contributed by atoms with Gasteiger partial charge in [0.1, 0.15) is 6.54 Å². The van der Waals surface area contributed by atoms with Crippen molar-refractivity contribution in [3.63, 3.8) is 0 Å². The number of carbonyl (C=O) groups is 2. The Balaban J connectivity index is 2.40. The molecule has 2 aromatic carbocycles. The van der Waals surface area contributed by atoms with Gasteiger partial charge in [-0.1, -0.05) is 65.0 Å². The summed E-state index contributed by atoms with van der Waals surface area (Å²) in [4.78, 5) is 25.1. The van der Waals surface area contributed by atoms with Gasteiger partial charge in [0.15, 0.2) is 0 Å². The van der Waals surface area contributed by atoms with Crippen molar-refractivity contribution in [2.24, 2.45) is 5.41 Å². The van der Waals surface area contributed by atoms with E-state index in [0.29, 0.717) is 12.0 Å². The van der Waals surface area contributed by atoms with Crippen LogP contribution in [0.25, 0.3) is 0 Å². The van der Waals surface area contributed by atoms with E-state index in [1.807, 2.05) is 26.0 Å². The van der Waals surface area contributed by atoms with E-state index < -0.39 is 11.6 Å². The van der Waals surface area contributed by atoms with Crippen LogP contribution in [0.2, 0.25) is 0 Å². The van der Waals surface area contributed by atoms with Crippen LogP contribution in [0.15, 0.2) is 36.4 Å². The molecule has 0 saturated carbocycles. The number of hydrogen-bond acceptors (Lipinski definition) is 3. The molecule has 0 spiro atoms.